The molecule has 2 rings (SSSR count). The van der Waals surface area contributed by atoms with Gasteiger partial charge in [0.15, 0.2) is 0 Å². The van der Waals surface area contributed by atoms with Crippen molar-refractivity contribution in [1.29, 1.82) is 5.26 Å². The number of nitrogens with zero attached hydrogens (tertiary/aromatic N) is 1. The number of carbonyl (C=O) groups excluding carboxylic acids is 1. The van der Waals surface area contributed by atoms with E-state index in [0.29, 0.717) is 11.1 Å². The lowest BCUT2D eigenvalue weighted by Gasteiger charge is -2.06. The van der Waals surface area contributed by atoms with Gasteiger partial charge in [-0.05, 0) is 41.5 Å². The maximum Gasteiger partial charge on any atom is 0.340 e. The van der Waals surface area contributed by atoms with E-state index >= 15 is 0 Å². The Balaban J connectivity index is 2.50. The average molecular weight is 271 g/mol. The summed E-state index contributed by atoms with van der Waals surface area (Å²) in [6.07, 6.45) is 0. The monoisotopic (exact) mass is 271 g/mol. The quantitative estimate of drug-likeness (QED) is 0.852. The standard InChI is InChI=1S/C15H10FNO3/c1-20-15(19)13-3-2-10(7-14(13)16)11-4-9(8-17)5-12(18)6-11/h2-7,18H,1H3. The first-order valence-electron chi connectivity index (χ1n) is 5.67. The molecule has 0 aliphatic carbocycles. The summed E-state index contributed by atoms with van der Waals surface area (Å²) in [4.78, 5) is 11.3. The van der Waals surface area contributed by atoms with Crippen LogP contribution in [-0.4, -0.2) is 18.2 Å². The van der Waals surface area contributed by atoms with E-state index in [0.717, 1.165) is 6.07 Å². The van der Waals surface area contributed by atoms with Crippen molar-refractivity contribution in [3.63, 3.8) is 0 Å². The van der Waals surface area contributed by atoms with Crippen LogP contribution in [0.3, 0.4) is 0 Å². The molecule has 20 heavy (non-hydrogen) atoms. The van der Waals surface area contributed by atoms with Gasteiger partial charge < -0.3 is 9.84 Å². The molecule has 0 atom stereocenters. The molecule has 0 heterocycles. The van der Waals surface area contributed by atoms with Crippen molar-refractivity contribution < 1.29 is 19.0 Å². The zero-order valence-corrected chi connectivity index (χ0v) is 10.6. The van der Waals surface area contributed by atoms with E-state index in [1.54, 1.807) is 0 Å². The third kappa shape index (κ3) is 2.59. The molecule has 0 saturated carbocycles. The van der Waals surface area contributed by atoms with Crippen molar-refractivity contribution in [3.05, 3.63) is 53.3 Å². The van der Waals surface area contributed by atoms with E-state index in [-0.39, 0.29) is 16.9 Å². The van der Waals surface area contributed by atoms with Gasteiger partial charge in [0.2, 0.25) is 0 Å². The van der Waals surface area contributed by atoms with Crippen molar-refractivity contribution in [3.8, 4) is 22.9 Å². The van der Waals surface area contributed by atoms with E-state index < -0.39 is 11.8 Å². The Labute approximate surface area is 114 Å². The van der Waals surface area contributed by atoms with Gasteiger partial charge in [-0.25, -0.2) is 9.18 Å². The van der Waals surface area contributed by atoms with Gasteiger partial charge in [-0.1, -0.05) is 6.07 Å². The highest BCUT2D eigenvalue weighted by Gasteiger charge is 2.13. The molecule has 0 radical (unpaired) electrons. The normalized spacial score (nSPS) is 9.85. The van der Waals surface area contributed by atoms with Crippen molar-refractivity contribution in [2.24, 2.45) is 0 Å². The van der Waals surface area contributed by atoms with Crippen LogP contribution in [0.5, 0.6) is 5.75 Å². The Kier molecular flexibility index (Phi) is 3.67. The molecule has 0 fully saturated rings. The minimum Gasteiger partial charge on any atom is -0.508 e. The fourth-order valence-corrected chi connectivity index (χ4v) is 1.81. The highest BCUT2D eigenvalue weighted by atomic mass is 19.1. The SMILES string of the molecule is COC(=O)c1ccc(-c2cc(O)cc(C#N)c2)cc1F. The Hall–Kier alpha value is -2.87. The largest absolute Gasteiger partial charge is 0.508 e. The molecule has 1 N–H and O–H groups in total. The third-order valence-electron chi connectivity index (χ3n) is 2.75. The molecule has 2 aromatic rings. The maximum atomic E-state index is 13.8. The molecular formula is C15H10FNO3. The van der Waals surface area contributed by atoms with Crippen molar-refractivity contribution >= 4 is 5.97 Å². The van der Waals surface area contributed by atoms with Crippen LogP contribution < -0.4 is 0 Å². The van der Waals surface area contributed by atoms with Crippen LogP contribution in [0.1, 0.15) is 15.9 Å². The number of halogens is 1. The lowest BCUT2D eigenvalue weighted by atomic mass is 10.0. The number of carbonyl (C=O) groups is 1. The van der Waals surface area contributed by atoms with Crippen LogP contribution in [0.2, 0.25) is 0 Å². The number of hydrogen-bond donors (Lipinski definition) is 1. The number of phenolic OH excluding ortho intramolecular Hbond substituents is 1. The number of hydrogen-bond acceptors (Lipinski definition) is 4. The fraction of sp³-hybridized carbons (Fsp3) is 0.0667. The number of rotatable bonds is 2. The summed E-state index contributed by atoms with van der Waals surface area (Å²) in [6, 6.07) is 10.1. The van der Waals surface area contributed by atoms with Crippen LogP contribution in [-0.2, 0) is 4.74 Å². The Bertz CT molecular complexity index is 720. The predicted octanol–water partition coefficient (Wildman–Crippen LogP) is 2.86. The number of aromatic hydroxyl groups is 1. The molecule has 0 spiro atoms. The van der Waals surface area contributed by atoms with E-state index in [2.05, 4.69) is 4.74 Å². The van der Waals surface area contributed by atoms with Gasteiger partial charge in [0, 0.05) is 0 Å². The van der Waals surface area contributed by atoms with E-state index in [9.17, 15) is 14.3 Å². The minimum atomic E-state index is -0.761. The smallest absolute Gasteiger partial charge is 0.340 e. The molecule has 5 heteroatoms. The number of ether oxygens (including phenoxy) is 1. The van der Waals surface area contributed by atoms with Crippen LogP contribution in [0.25, 0.3) is 11.1 Å². The van der Waals surface area contributed by atoms with E-state index in [1.165, 1.54) is 37.4 Å². The summed E-state index contributed by atoms with van der Waals surface area (Å²) >= 11 is 0. The second-order valence-electron chi connectivity index (χ2n) is 4.07. The first-order chi connectivity index (χ1) is 9.55. The van der Waals surface area contributed by atoms with Gasteiger partial charge >= 0.3 is 5.97 Å². The minimum absolute atomic E-state index is 0.0866. The highest BCUT2D eigenvalue weighted by molar-refractivity contribution is 5.90. The maximum absolute atomic E-state index is 13.8. The molecule has 2 aromatic carbocycles. The number of nitriles is 1. The lowest BCUT2D eigenvalue weighted by Crippen LogP contribution is -2.04. The number of methoxy groups -OCH3 is 1. The summed E-state index contributed by atoms with van der Waals surface area (Å²) in [6.45, 7) is 0. The van der Waals surface area contributed by atoms with Crippen molar-refractivity contribution in [1.82, 2.24) is 0 Å². The molecule has 100 valence electrons. The highest BCUT2D eigenvalue weighted by Crippen LogP contribution is 2.27. The molecule has 0 bridgehead atoms. The van der Waals surface area contributed by atoms with E-state index in [4.69, 9.17) is 5.26 Å². The third-order valence-corrected chi connectivity index (χ3v) is 2.75. The topological polar surface area (TPSA) is 70.3 Å². The summed E-state index contributed by atoms with van der Waals surface area (Å²) < 4.78 is 18.3. The average Bonchev–Trinajstić information content (AvgIpc) is 2.45. The number of phenols is 1. The second-order valence-corrected chi connectivity index (χ2v) is 4.07. The molecule has 0 amide bonds. The molecule has 0 unspecified atom stereocenters. The first kappa shape index (κ1) is 13.6. The summed E-state index contributed by atoms with van der Waals surface area (Å²) in [5, 5.41) is 18.4. The summed E-state index contributed by atoms with van der Waals surface area (Å²) in [5.41, 5.74) is 1.02. The molecule has 0 saturated heterocycles. The molecule has 0 aliphatic rings. The van der Waals surface area contributed by atoms with Gasteiger partial charge in [-0.15, -0.1) is 0 Å². The number of benzene rings is 2. The zero-order valence-electron chi connectivity index (χ0n) is 10.6. The van der Waals surface area contributed by atoms with Crippen LogP contribution >= 0.6 is 0 Å². The van der Waals surface area contributed by atoms with Gasteiger partial charge in [0.05, 0.1) is 24.3 Å². The van der Waals surface area contributed by atoms with Crippen LogP contribution in [0.15, 0.2) is 36.4 Å². The lowest BCUT2D eigenvalue weighted by molar-refractivity contribution is 0.0595. The van der Waals surface area contributed by atoms with E-state index in [1.807, 2.05) is 6.07 Å². The Morgan fingerprint density at radius 3 is 2.60 bits per heavy atom. The van der Waals surface area contributed by atoms with Crippen LogP contribution in [0, 0.1) is 17.1 Å². The summed E-state index contributed by atoms with van der Waals surface area (Å²) in [7, 11) is 1.17. The Morgan fingerprint density at radius 1 is 1.25 bits per heavy atom. The fourth-order valence-electron chi connectivity index (χ4n) is 1.81. The predicted molar refractivity (Wildman–Crippen MR) is 69.6 cm³/mol. The van der Waals surface area contributed by atoms with Gasteiger partial charge in [-0.3, -0.25) is 0 Å². The first-order valence-corrected chi connectivity index (χ1v) is 5.67. The molecule has 0 aromatic heterocycles. The van der Waals surface area contributed by atoms with Gasteiger partial charge in [0.1, 0.15) is 11.6 Å². The summed E-state index contributed by atoms with van der Waals surface area (Å²) in [5.74, 6) is -1.57. The van der Waals surface area contributed by atoms with Crippen LogP contribution in [0.4, 0.5) is 4.39 Å². The van der Waals surface area contributed by atoms with Crippen molar-refractivity contribution in [2.75, 3.05) is 7.11 Å². The zero-order chi connectivity index (χ0) is 14.7. The van der Waals surface area contributed by atoms with Crippen molar-refractivity contribution in [2.45, 2.75) is 0 Å². The van der Waals surface area contributed by atoms with Gasteiger partial charge in [-0.2, -0.15) is 5.26 Å². The molecular weight excluding hydrogens is 261 g/mol. The van der Waals surface area contributed by atoms with Gasteiger partial charge in [0.25, 0.3) is 0 Å². The Morgan fingerprint density at radius 2 is 2.00 bits per heavy atom. The number of esters is 1. The second kappa shape index (κ2) is 5.41. The molecule has 4 nitrogen and oxygen atoms in total. The molecule has 0 aliphatic heterocycles.